The van der Waals surface area contributed by atoms with Crippen molar-refractivity contribution < 1.29 is 9.18 Å². The standard InChI is InChI=1S/C13H11BrFN3O/c1-7-5-9(15)8(14)6-11(7)18-13(19)12-10(16)3-2-4-17-12/h2-6H,16H2,1H3,(H,18,19). The van der Waals surface area contributed by atoms with E-state index in [-0.39, 0.29) is 16.0 Å². The van der Waals surface area contributed by atoms with Gasteiger partial charge in [-0.1, -0.05) is 0 Å². The van der Waals surface area contributed by atoms with Crippen LogP contribution in [0.2, 0.25) is 0 Å². The van der Waals surface area contributed by atoms with Gasteiger partial charge < -0.3 is 11.1 Å². The zero-order chi connectivity index (χ0) is 14.0. The highest BCUT2D eigenvalue weighted by Gasteiger charge is 2.13. The maximum Gasteiger partial charge on any atom is 0.276 e. The number of carbonyl (C=O) groups is 1. The Labute approximate surface area is 118 Å². The van der Waals surface area contributed by atoms with E-state index in [1.54, 1.807) is 19.1 Å². The molecular weight excluding hydrogens is 313 g/mol. The van der Waals surface area contributed by atoms with E-state index in [1.165, 1.54) is 18.3 Å². The number of aromatic nitrogens is 1. The topological polar surface area (TPSA) is 68.0 Å². The number of hydrogen-bond acceptors (Lipinski definition) is 3. The Morgan fingerprint density at radius 1 is 1.47 bits per heavy atom. The normalized spacial score (nSPS) is 10.3. The van der Waals surface area contributed by atoms with Crippen molar-refractivity contribution in [2.75, 3.05) is 11.1 Å². The van der Waals surface area contributed by atoms with Crippen LogP contribution >= 0.6 is 15.9 Å². The molecule has 6 heteroatoms. The molecule has 0 saturated heterocycles. The van der Waals surface area contributed by atoms with Crippen LogP contribution in [0.1, 0.15) is 16.1 Å². The summed E-state index contributed by atoms with van der Waals surface area (Å²) >= 11 is 3.07. The zero-order valence-electron chi connectivity index (χ0n) is 10.1. The van der Waals surface area contributed by atoms with Crippen molar-refractivity contribution in [2.24, 2.45) is 0 Å². The Balaban J connectivity index is 2.30. The Morgan fingerprint density at radius 2 is 2.21 bits per heavy atom. The summed E-state index contributed by atoms with van der Waals surface area (Å²) in [6.07, 6.45) is 1.48. The first-order chi connectivity index (χ1) is 8.99. The molecule has 2 rings (SSSR count). The van der Waals surface area contributed by atoms with E-state index in [4.69, 9.17) is 5.73 Å². The molecule has 19 heavy (non-hydrogen) atoms. The van der Waals surface area contributed by atoms with E-state index in [2.05, 4.69) is 26.2 Å². The lowest BCUT2D eigenvalue weighted by molar-refractivity contribution is 0.102. The van der Waals surface area contributed by atoms with Gasteiger partial charge in [0.05, 0.1) is 10.2 Å². The fourth-order valence-corrected chi connectivity index (χ4v) is 1.91. The van der Waals surface area contributed by atoms with E-state index in [1.807, 2.05) is 0 Å². The van der Waals surface area contributed by atoms with E-state index in [0.29, 0.717) is 16.9 Å². The predicted octanol–water partition coefficient (Wildman–Crippen LogP) is 3.13. The van der Waals surface area contributed by atoms with Crippen molar-refractivity contribution in [3.63, 3.8) is 0 Å². The molecular formula is C13H11BrFN3O. The summed E-state index contributed by atoms with van der Waals surface area (Å²) < 4.78 is 13.6. The molecule has 0 radical (unpaired) electrons. The average molecular weight is 324 g/mol. The maximum atomic E-state index is 13.3. The van der Waals surface area contributed by atoms with Crippen LogP contribution < -0.4 is 11.1 Å². The number of pyridine rings is 1. The molecule has 1 amide bonds. The SMILES string of the molecule is Cc1cc(F)c(Br)cc1NC(=O)c1ncccc1N. The lowest BCUT2D eigenvalue weighted by Crippen LogP contribution is -2.16. The van der Waals surface area contributed by atoms with Crippen LogP contribution in [0.15, 0.2) is 34.9 Å². The van der Waals surface area contributed by atoms with Gasteiger partial charge in [-0.25, -0.2) is 9.37 Å². The average Bonchev–Trinajstić information content (AvgIpc) is 2.36. The molecule has 3 N–H and O–H groups in total. The second-order valence-corrected chi connectivity index (χ2v) is 4.83. The molecule has 0 atom stereocenters. The summed E-state index contributed by atoms with van der Waals surface area (Å²) in [4.78, 5) is 15.9. The van der Waals surface area contributed by atoms with Gasteiger partial charge in [-0.3, -0.25) is 4.79 Å². The highest BCUT2D eigenvalue weighted by molar-refractivity contribution is 9.10. The number of nitrogens with one attached hydrogen (secondary N) is 1. The van der Waals surface area contributed by atoms with Crippen LogP contribution in [-0.2, 0) is 0 Å². The van der Waals surface area contributed by atoms with Crippen molar-refractivity contribution in [2.45, 2.75) is 6.92 Å². The van der Waals surface area contributed by atoms with Crippen LogP contribution in [-0.4, -0.2) is 10.9 Å². The van der Waals surface area contributed by atoms with Crippen LogP contribution in [0.25, 0.3) is 0 Å². The van der Waals surface area contributed by atoms with Gasteiger partial charge in [-0.2, -0.15) is 0 Å². The largest absolute Gasteiger partial charge is 0.397 e. The predicted molar refractivity (Wildman–Crippen MR) is 75.4 cm³/mol. The Kier molecular flexibility index (Phi) is 3.80. The van der Waals surface area contributed by atoms with Gasteiger partial charge in [0, 0.05) is 11.9 Å². The summed E-state index contributed by atoms with van der Waals surface area (Å²) in [5, 5.41) is 2.66. The molecule has 0 bridgehead atoms. The monoisotopic (exact) mass is 323 g/mol. The van der Waals surface area contributed by atoms with Crippen LogP contribution in [0.5, 0.6) is 0 Å². The molecule has 0 spiro atoms. The minimum absolute atomic E-state index is 0.141. The maximum absolute atomic E-state index is 13.3. The fourth-order valence-electron chi connectivity index (χ4n) is 1.57. The number of anilines is 2. The smallest absolute Gasteiger partial charge is 0.276 e. The third-order valence-corrected chi connectivity index (χ3v) is 3.18. The summed E-state index contributed by atoms with van der Waals surface area (Å²) in [6.45, 7) is 1.70. The molecule has 1 aromatic carbocycles. The van der Waals surface area contributed by atoms with Crippen LogP contribution in [0.3, 0.4) is 0 Å². The fraction of sp³-hybridized carbons (Fsp3) is 0.0769. The lowest BCUT2D eigenvalue weighted by atomic mass is 10.2. The highest BCUT2D eigenvalue weighted by atomic mass is 79.9. The van der Waals surface area contributed by atoms with E-state index < -0.39 is 5.91 Å². The summed E-state index contributed by atoms with van der Waals surface area (Å²) in [5.41, 5.74) is 7.22. The quantitative estimate of drug-likeness (QED) is 0.892. The molecule has 1 aromatic heterocycles. The third-order valence-electron chi connectivity index (χ3n) is 2.57. The summed E-state index contributed by atoms with van der Waals surface area (Å²) in [6, 6.07) is 6.07. The van der Waals surface area contributed by atoms with E-state index in [9.17, 15) is 9.18 Å². The number of nitrogen functional groups attached to an aromatic ring is 1. The van der Waals surface area contributed by atoms with Crippen molar-refractivity contribution in [3.05, 3.63) is 52.0 Å². The lowest BCUT2D eigenvalue weighted by Gasteiger charge is -2.10. The van der Waals surface area contributed by atoms with Gasteiger partial charge in [0.25, 0.3) is 5.91 Å². The first kappa shape index (κ1) is 13.5. The minimum Gasteiger partial charge on any atom is -0.397 e. The molecule has 0 unspecified atom stereocenters. The Morgan fingerprint density at radius 3 is 2.89 bits per heavy atom. The van der Waals surface area contributed by atoms with Gasteiger partial charge in [0.2, 0.25) is 0 Å². The highest BCUT2D eigenvalue weighted by Crippen LogP contribution is 2.24. The third kappa shape index (κ3) is 2.90. The van der Waals surface area contributed by atoms with E-state index >= 15 is 0 Å². The van der Waals surface area contributed by atoms with Crippen molar-refractivity contribution in [1.29, 1.82) is 0 Å². The Hall–Kier alpha value is -1.95. The second-order valence-electron chi connectivity index (χ2n) is 3.98. The number of rotatable bonds is 2. The molecule has 0 aliphatic heterocycles. The van der Waals surface area contributed by atoms with Crippen LogP contribution in [0, 0.1) is 12.7 Å². The molecule has 0 aliphatic carbocycles. The molecule has 0 saturated carbocycles. The molecule has 2 aromatic rings. The van der Waals surface area contributed by atoms with Crippen LogP contribution in [0.4, 0.5) is 15.8 Å². The number of carbonyl (C=O) groups excluding carboxylic acids is 1. The number of hydrogen-bond donors (Lipinski definition) is 2. The van der Waals surface area contributed by atoms with Gasteiger partial charge >= 0.3 is 0 Å². The molecule has 4 nitrogen and oxygen atoms in total. The van der Waals surface area contributed by atoms with Gasteiger partial charge in [0.1, 0.15) is 5.82 Å². The molecule has 0 fully saturated rings. The van der Waals surface area contributed by atoms with E-state index in [0.717, 1.165) is 0 Å². The van der Waals surface area contributed by atoms with Crippen molar-refractivity contribution in [3.8, 4) is 0 Å². The Bertz CT molecular complexity index is 646. The van der Waals surface area contributed by atoms with Crippen molar-refractivity contribution >= 4 is 33.2 Å². The summed E-state index contributed by atoms with van der Waals surface area (Å²) in [7, 11) is 0. The minimum atomic E-state index is -0.431. The first-order valence-electron chi connectivity index (χ1n) is 5.46. The number of nitrogens with zero attached hydrogens (tertiary/aromatic N) is 1. The first-order valence-corrected chi connectivity index (χ1v) is 6.26. The van der Waals surface area contributed by atoms with Gasteiger partial charge in [0.15, 0.2) is 5.69 Å². The summed E-state index contributed by atoms with van der Waals surface area (Å²) in [5.74, 6) is -0.812. The number of aryl methyl sites for hydroxylation is 1. The van der Waals surface area contributed by atoms with Gasteiger partial charge in [-0.15, -0.1) is 0 Å². The second kappa shape index (κ2) is 5.36. The molecule has 0 aliphatic rings. The van der Waals surface area contributed by atoms with Crippen molar-refractivity contribution in [1.82, 2.24) is 4.98 Å². The van der Waals surface area contributed by atoms with Gasteiger partial charge in [-0.05, 0) is 52.7 Å². The zero-order valence-corrected chi connectivity index (χ0v) is 11.7. The number of benzene rings is 1. The number of amides is 1. The molecule has 1 heterocycles. The molecule has 98 valence electrons. The number of halogens is 2. The number of nitrogens with two attached hydrogens (primary N) is 1.